The van der Waals surface area contributed by atoms with E-state index in [-0.39, 0.29) is 24.5 Å². The number of esters is 1. The van der Waals surface area contributed by atoms with Gasteiger partial charge in [0.25, 0.3) is 0 Å². The second-order valence-electron chi connectivity index (χ2n) is 6.13. The molecular formula is C18H20FN3O3S. The van der Waals surface area contributed by atoms with Crippen molar-refractivity contribution in [1.29, 1.82) is 0 Å². The first-order valence-corrected chi connectivity index (χ1v) is 9.19. The number of carbonyl (C=O) groups is 2. The maximum Gasteiger partial charge on any atom is 0.350 e. The van der Waals surface area contributed by atoms with E-state index in [0.29, 0.717) is 28.8 Å². The van der Waals surface area contributed by atoms with E-state index in [1.807, 2.05) is 6.92 Å². The predicted molar refractivity (Wildman–Crippen MR) is 97.0 cm³/mol. The van der Waals surface area contributed by atoms with Crippen LogP contribution in [-0.4, -0.2) is 41.1 Å². The molecule has 1 aliphatic heterocycles. The van der Waals surface area contributed by atoms with Crippen LogP contribution in [-0.2, 0) is 11.3 Å². The number of thiazole rings is 1. The fourth-order valence-electron chi connectivity index (χ4n) is 2.84. The molecule has 2 heterocycles. The van der Waals surface area contributed by atoms with Gasteiger partial charge in [0.1, 0.15) is 10.7 Å². The third-order valence-electron chi connectivity index (χ3n) is 4.20. The van der Waals surface area contributed by atoms with Crippen molar-refractivity contribution in [3.05, 3.63) is 46.2 Å². The summed E-state index contributed by atoms with van der Waals surface area (Å²) in [5, 5.41) is 0.490. The van der Waals surface area contributed by atoms with Crippen molar-refractivity contribution >= 4 is 28.5 Å². The number of nitrogens with zero attached hydrogens (tertiary/aromatic N) is 3. The molecule has 6 nitrogen and oxygen atoms in total. The van der Waals surface area contributed by atoms with Gasteiger partial charge in [-0.2, -0.15) is 0 Å². The van der Waals surface area contributed by atoms with Crippen LogP contribution in [0.4, 0.5) is 14.3 Å². The first kappa shape index (κ1) is 18.3. The molecule has 3 rings (SSSR count). The summed E-state index contributed by atoms with van der Waals surface area (Å²) in [5.41, 5.74) is 1.41. The highest BCUT2D eigenvalue weighted by atomic mass is 32.1. The van der Waals surface area contributed by atoms with Crippen LogP contribution in [0.5, 0.6) is 0 Å². The summed E-state index contributed by atoms with van der Waals surface area (Å²) in [4.78, 5) is 32.9. The first-order valence-electron chi connectivity index (χ1n) is 8.37. The summed E-state index contributed by atoms with van der Waals surface area (Å²) in [6.45, 7) is 6.59. The minimum atomic E-state index is -0.420. The van der Waals surface area contributed by atoms with Gasteiger partial charge in [-0.25, -0.2) is 19.0 Å². The van der Waals surface area contributed by atoms with Gasteiger partial charge < -0.3 is 9.64 Å². The fraction of sp³-hybridized carbons (Fsp3) is 0.389. The molecule has 8 heteroatoms. The van der Waals surface area contributed by atoms with E-state index in [4.69, 9.17) is 4.74 Å². The minimum Gasteiger partial charge on any atom is -0.462 e. The molecule has 1 atom stereocenters. The number of urea groups is 1. The third kappa shape index (κ3) is 3.55. The number of ether oxygens (including phenoxy) is 1. The third-order valence-corrected chi connectivity index (χ3v) is 5.36. The van der Waals surface area contributed by atoms with Gasteiger partial charge in [-0.05, 0) is 38.5 Å². The van der Waals surface area contributed by atoms with Crippen molar-refractivity contribution in [3.63, 3.8) is 0 Å². The lowest BCUT2D eigenvalue weighted by molar-refractivity contribution is 0.0531. The number of rotatable bonds is 5. The number of halogens is 1. The van der Waals surface area contributed by atoms with Gasteiger partial charge in [-0.3, -0.25) is 4.90 Å². The number of aromatic nitrogens is 1. The Morgan fingerprint density at radius 1 is 1.38 bits per heavy atom. The molecule has 0 saturated carbocycles. The molecule has 0 spiro atoms. The Balaban J connectivity index is 1.78. The van der Waals surface area contributed by atoms with Gasteiger partial charge in [0.05, 0.1) is 18.8 Å². The van der Waals surface area contributed by atoms with Crippen LogP contribution in [0.2, 0.25) is 0 Å². The molecule has 138 valence electrons. The SMILES string of the molecule is CCOC(=O)c1sc(N2C[C@@H](C)N(Cc3ccc(F)cc3)C2=O)nc1C. The molecule has 0 radical (unpaired) electrons. The zero-order valence-electron chi connectivity index (χ0n) is 14.9. The van der Waals surface area contributed by atoms with Crippen molar-refractivity contribution in [2.75, 3.05) is 18.1 Å². The lowest BCUT2D eigenvalue weighted by Crippen LogP contribution is -2.33. The standard InChI is InChI=1S/C18H20FN3O3S/c1-4-25-16(23)15-12(3)20-17(26-15)22-9-11(2)21(18(22)24)10-13-5-7-14(19)8-6-13/h5-8,11H,4,9-10H2,1-3H3/t11-/m1/s1. The normalized spacial score (nSPS) is 17.1. The maximum atomic E-state index is 13.1. The second kappa shape index (κ2) is 7.41. The fourth-order valence-corrected chi connectivity index (χ4v) is 3.80. The summed E-state index contributed by atoms with van der Waals surface area (Å²) in [6.07, 6.45) is 0. The highest BCUT2D eigenvalue weighted by Crippen LogP contribution is 2.31. The van der Waals surface area contributed by atoms with Crippen LogP contribution in [0.15, 0.2) is 24.3 Å². The molecule has 2 aromatic rings. The molecule has 1 saturated heterocycles. The molecule has 1 aromatic carbocycles. The summed E-state index contributed by atoms with van der Waals surface area (Å²) >= 11 is 1.16. The van der Waals surface area contributed by atoms with Gasteiger partial charge in [-0.1, -0.05) is 23.5 Å². The number of hydrogen-bond acceptors (Lipinski definition) is 5. The Labute approximate surface area is 155 Å². The van der Waals surface area contributed by atoms with E-state index in [1.54, 1.807) is 35.8 Å². The molecular weight excluding hydrogens is 357 g/mol. The number of benzene rings is 1. The summed E-state index contributed by atoms with van der Waals surface area (Å²) in [7, 11) is 0. The average Bonchev–Trinajstić information content (AvgIpc) is 3.12. The van der Waals surface area contributed by atoms with Crippen LogP contribution >= 0.6 is 11.3 Å². The Kier molecular flexibility index (Phi) is 5.22. The van der Waals surface area contributed by atoms with Crippen LogP contribution in [0.3, 0.4) is 0 Å². The van der Waals surface area contributed by atoms with E-state index in [0.717, 1.165) is 16.9 Å². The highest BCUT2D eigenvalue weighted by molar-refractivity contribution is 7.17. The summed E-state index contributed by atoms with van der Waals surface area (Å²) < 4.78 is 18.1. The quantitative estimate of drug-likeness (QED) is 0.747. The van der Waals surface area contributed by atoms with E-state index < -0.39 is 5.97 Å². The Hall–Kier alpha value is -2.48. The smallest absolute Gasteiger partial charge is 0.350 e. The van der Waals surface area contributed by atoms with E-state index >= 15 is 0 Å². The van der Waals surface area contributed by atoms with Crippen LogP contribution in [0, 0.1) is 12.7 Å². The Bertz CT molecular complexity index is 822. The first-order chi connectivity index (χ1) is 12.4. The predicted octanol–water partition coefficient (Wildman–Crippen LogP) is 3.60. The van der Waals surface area contributed by atoms with Gasteiger partial charge in [0.2, 0.25) is 0 Å². The monoisotopic (exact) mass is 377 g/mol. The number of aryl methyl sites for hydroxylation is 1. The van der Waals surface area contributed by atoms with Gasteiger partial charge >= 0.3 is 12.0 Å². The largest absolute Gasteiger partial charge is 0.462 e. The molecule has 26 heavy (non-hydrogen) atoms. The molecule has 1 aliphatic rings. The maximum absolute atomic E-state index is 13.1. The van der Waals surface area contributed by atoms with E-state index in [1.165, 1.54) is 12.1 Å². The molecule has 1 fully saturated rings. The van der Waals surface area contributed by atoms with Crippen LogP contribution < -0.4 is 4.90 Å². The Morgan fingerprint density at radius 3 is 2.73 bits per heavy atom. The number of anilines is 1. The highest BCUT2D eigenvalue weighted by Gasteiger charge is 2.37. The van der Waals surface area contributed by atoms with Gasteiger partial charge in [0, 0.05) is 12.6 Å². The van der Waals surface area contributed by atoms with Crippen molar-refractivity contribution < 1.29 is 18.7 Å². The lowest BCUT2D eigenvalue weighted by atomic mass is 10.2. The molecule has 0 unspecified atom stereocenters. The number of hydrogen-bond donors (Lipinski definition) is 0. The number of carbonyl (C=O) groups excluding carboxylic acids is 2. The zero-order chi connectivity index (χ0) is 18.8. The summed E-state index contributed by atoms with van der Waals surface area (Å²) in [5.74, 6) is -0.724. The van der Waals surface area contributed by atoms with E-state index in [9.17, 15) is 14.0 Å². The molecule has 1 aromatic heterocycles. The molecule has 0 N–H and O–H groups in total. The van der Waals surface area contributed by atoms with Crippen molar-refractivity contribution in [2.45, 2.75) is 33.4 Å². The Morgan fingerprint density at radius 2 is 2.08 bits per heavy atom. The van der Waals surface area contributed by atoms with Crippen LogP contribution in [0.1, 0.15) is 34.8 Å². The molecule has 2 amide bonds. The van der Waals surface area contributed by atoms with Crippen LogP contribution in [0.25, 0.3) is 0 Å². The average molecular weight is 377 g/mol. The van der Waals surface area contributed by atoms with Crippen molar-refractivity contribution in [1.82, 2.24) is 9.88 Å². The lowest BCUT2D eigenvalue weighted by Gasteiger charge is -2.20. The summed E-state index contributed by atoms with van der Waals surface area (Å²) in [6, 6.07) is 5.91. The minimum absolute atomic E-state index is 0.0252. The number of amides is 2. The van der Waals surface area contributed by atoms with Crippen molar-refractivity contribution in [2.24, 2.45) is 0 Å². The zero-order valence-corrected chi connectivity index (χ0v) is 15.7. The molecule has 0 aliphatic carbocycles. The van der Waals surface area contributed by atoms with E-state index in [2.05, 4.69) is 4.98 Å². The van der Waals surface area contributed by atoms with Gasteiger partial charge in [0.15, 0.2) is 5.13 Å². The second-order valence-corrected chi connectivity index (χ2v) is 7.11. The molecule has 0 bridgehead atoms. The topological polar surface area (TPSA) is 62.7 Å². The van der Waals surface area contributed by atoms with Crippen molar-refractivity contribution in [3.8, 4) is 0 Å². The van der Waals surface area contributed by atoms with Gasteiger partial charge in [-0.15, -0.1) is 0 Å².